The molecule has 0 aromatic rings. The number of nitrogens with zero attached hydrogens (tertiary/aromatic N) is 1. The summed E-state index contributed by atoms with van der Waals surface area (Å²) in [5.74, 6) is 0. The lowest BCUT2D eigenvalue weighted by molar-refractivity contribution is 0.0839. The van der Waals surface area contributed by atoms with E-state index in [1.54, 1.807) is 0 Å². The number of ether oxygens (including phenoxy) is 1. The summed E-state index contributed by atoms with van der Waals surface area (Å²) < 4.78 is 5.37. The highest BCUT2D eigenvalue weighted by Gasteiger charge is 2.24. The van der Waals surface area contributed by atoms with Gasteiger partial charge in [0, 0.05) is 19.7 Å². The fourth-order valence-electron chi connectivity index (χ4n) is 1.77. The van der Waals surface area contributed by atoms with Gasteiger partial charge in [0.2, 0.25) is 0 Å². The van der Waals surface area contributed by atoms with E-state index < -0.39 is 0 Å². The second-order valence-electron chi connectivity index (χ2n) is 4.71. The minimum Gasteiger partial charge on any atom is -0.394 e. The second kappa shape index (κ2) is 9.83. The Morgan fingerprint density at radius 2 is 2.00 bits per heavy atom. The maximum absolute atomic E-state index is 9.51. The molecule has 4 heteroatoms. The van der Waals surface area contributed by atoms with E-state index in [1.165, 1.54) is 0 Å². The molecule has 17 heavy (non-hydrogen) atoms. The summed E-state index contributed by atoms with van der Waals surface area (Å²) >= 11 is 0. The molecule has 0 aliphatic carbocycles. The Bertz CT molecular complexity index is 179. The van der Waals surface area contributed by atoms with Gasteiger partial charge < -0.3 is 15.2 Å². The zero-order valence-electron chi connectivity index (χ0n) is 12.0. The van der Waals surface area contributed by atoms with Gasteiger partial charge in [-0.05, 0) is 33.4 Å². The van der Waals surface area contributed by atoms with E-state index in [4.69, 9.17) is 4.74 Å². The van der Waals surface area contributed by atoms with E-state index in [0.29, 0.717) is 0 Å². The number of aliphatic hydroxyl groups is 1. The van der Waals surface area contributed by atoms with Crippen molar-refractivity contribution in [1.82, 2.24) is 10.2 Å². The quantitative estimate of drug-likeness (QED) is 0.536. The molecule has 0 rings (SSSR count). The Morgan fingerprint density at radius 3 is 2.47 bits per heavy atom. The first-order valence-electron chi connectivity index (χ1n) is 6.77. The van der Waals surface area contributed by atoms with Gasteiger partial charge in [0.15, 0.2) is 0 Å². The van der Waals surface area contributed by atoms with Gasteiger partial charge >= 0.3 is 0 Å². The first kappa shape index (κ1) is 16.8. The standard InChI is InChI=1S/C13H30N2O2/c1-5-8-14-13(4,12-16)11-15(6-2)9-10-17-7-3/h14,16H,5-12H2,1-4H3. The number of rotatable bonds is 11. The molecule has 0 saturated carbocycles. The molecule has 0 aliphatic heterocycles. The van der Waals surface area contributed by atoms with Crippen molar-refractivity contribution in [2.75, 3.05) is 46.0 Å². The zero-order valence-corrected chi connectivity index (χ0v) is 12.0. The molecule has 0 bridgehead atoms. The van der Waals surface area contributed by atoms with Crippen molar-refractivity contribution in [3.05, 3.63) is 0 Å². The van der Waals surface area contributed by atoms with Crippen LogP contribution in [-0.4, -0.2) is 61.5 Å². The van der Waals surface area contributed by atoms with Gasteiger partial charge in [-0.3, -0.25) is 4.90 Å². The maximum atomic E-state index is 9.51. The lowest BCUT2D eigenvalue weighted by Gasteiger charge is -2.34. The SMILES string of the molecule is CCCNC(C)(CO)CN(CC)CCOCC. The molecule has 104 valence electrons. The topological polar surface area (TPSA) is 44.7 Å². The van der Waals surface area contributed by atoms with Crippen LogP contribution in [-0.2, 0) is 4.74 Å². The van der Waals surface area contributed by atoms with E-state index >= 15 is 0 Å². The summed E-state index contributed by atoms with van der Waals surface area (Å²) in [5, 5.41) is 12.9. The van der Waals surface area contributed by atoms with Crippen molar-refractivity contribution in [3.8, 4) is 0 Å². The van der Waals surface area contributed by atoms with Crippen LogP contribution < -0.4 is 5.32 Å². The number of hydrogen-bond donors (Lipinski definition) is 2. The lowest BCUT2D eigenvalue weighted by atomic mass is 10.0. The Morgan fingerprint density at radius 1 is 1.29 bits per heavy atom. The monoisotopic (exact) mass is 246 g/mol. The van der Waals surface area contributed by atoms with Crippen molar-refractivity contribution in [2.24, 2.45) is 0 Å². The highest BCUT2D eigenvalue weighted by atomic mass is 16.5. The number of aliphatic hydroxyl groups excluding tert-OH is 1. The van der Waals surface area contributed by atoms with Crippen molar-refractivity contribution >= 4 is 0 Å². The molecule has 1 unspecified atom stereocenters. The van der Waals surface area contributed by atoms with Crippen LogP contribution in [0.25, 0.3) is 0 Å². The van der Waals surface area contributed by atoms with Crippen LogP contribution in [0.15, 0.2) is 0 Å². The van der Waals surface area contributed by atoms with E-state index in [2.05, 4.69) is 31.0 Å². The molecule has 0 heterocycles. The summed E-state index contributed by atoms with van der Waals surface area (Å²) in [6, 6.07) is 0. The molecule has 0 saturated heterocycles. The summed E-state index contributed by atoms with van der Waals surface area (Å²) in [4.78, 5) is 2.31. The normalized spacial score (nSPS) is 15.2. The first-order chi connectivity index (χ1) is 8.11. The van der Waals surface area contributed by atoms with Crippen LogP contribution in [0.4, 0.5) is 0 Å². The molecule has 0 aromatic carbocycles. The van der Waals surface area contributed by atoms with E-state index in [1.807, 2.05) is 6.92 Å². The summed E-state index contributed by atoms with van der Waals surface area (Å²) in [6.07, 6.45) is 1.08. The van der Waals surface area contributed by atoms with Crippen LogP contribution in [0.5, 0.6) is 0 Å². The van der Waals surface area contributed by atoms with Crippen LogP contribution >= 0.6 is 0 Å². The Kier molecular flexibility index (Phi) is 9.74. The number of likely N-dealkylation sites (N-methyl/N-ethyl adjacent to an activating group) is 1. The van der Waals surface area contributed by atoms with Crippen molar-refractivity contribution in [2.45, 2.75) is 39.7 Å². The number of nitrogens with one attached hydrogen (secondary N) is 1. The average Bonchev–Trinajstić information content (AvgIpc) is 2.35. The Hall–Kier alpha value is -0.160. The predicted molar refractivity (Wildman–Crippen MR) is 72.4 cm³/mol. The molecule has 0 spiro atoms. The Labute approximate surface area is 106 Å². The third-order valence-electron chi connectivity index (χ3n) is 2.93. The van der Waals surface area contributed by atoms with Crippen molar-refractivity contribution < 1.29 is 9.84 Å². The van der Waals surface area contributed by atoms with Gasteiger partial charge in [0.05, 0.1) is 18.8 Å². The van der Waals surface area contributed by atoms with Gasteiger partial charge in [-0.15, -0.1) is 0 Å². The zero-order chi connectivity index (χ0) is 13.1. The van der Waals surface area contributed by atoms with Crippen LogP contribution in [0, 0.1) is 0 Å². The predicted octanol–water partition coefficient (Wildman–Crippen LogP) is 1.10. The van der Waals surface area contributed by atoms with Gasteiger partial charge in [-0.25, -0.2) is 0 Å². The fourth-order valence-corrected chi connectivity index (χ4v) is 1.77. The van der Waals surface area contributed by atoms with Crippen LogP contribution in [0.2, 0.25) is 0 Å². The van der Waals surface area contributed by atoms with Gasteiger partial charge in [-0.1, -0.05) is 13.8 Å². The summed E-state index contributed by atoms with van der Waals surface area (Å²) in [5.41, 5.74) is -0.210. The van der Waals surface area contributed by atoms with Crippen LogP contribution in [0.1, 0.15) is 34.1 Å². The average molecular weight is 246 g/mol. The molecular weight excluding hydrogens is 216 g/mol. The second-order valence-corrected chi connectivity index (χ2v) is 4.71. The summed E-state index contributed by atoms with van der Waals surface area (Å²) in [6.45, 7) is 13.8. The fraction of sp³-hybridized carbons (Fsp3) is 1.00. The van der Waals surface area contributed by atoms with E-state index in [9.17, 15) is 5.11 Å². The lowest BCUT2D eigenvalue weighted by Crippen LogP contribution is -2.54. The van der Waals surface area contributed by atoms with Gasteiger partial charge in [-0.2, -0.15) is 0 Å². The smallest absolute Gasteiger partial charge is 0.0623 e. The molecule has 1 atom stereocenters. The minimum atomic E-state index is -0.210. The van der Waals surface area contributed by atoms with E-state index in [-0.39, 0.29) is 12.1 Å². The molecule has 0 aromatic heterocycles. The first-order valence-corrected chi connectivity index (χ1v) is 6.77. The molecule has 0 radical (unpaired) electrons. The maximum Gasteiger partial charge on any atom is 0.0623 e. The highest BCUT2D eigenvalue weighted by Crippen LogP contribution is 2.06. The Balaban J connectivity index is 4.09. The highest BCUT2D eigenvalue weighted by molar-refractivity contribution is 4.85. The number of hydrogen-bond acceptors (Lipinski definition) is 4. The third-order valence-corrected chi connectivity index (χ3v) is 2.93. The van der Waals surface area contributed by atoms with Crippen molar-refractivity contribution in [1.29, 1.82) is 0 Å². The molecule has 4 nitrogen and oxygen atoms in total. The van der Waals surface area contributed by atoms with Gasteiger partial charge in [0.25, 0.3) is 0 Å². The molecular formula is C13H30N2O2. The minimum absolute atomic E-state index is 0.165. The summed E-state index contributed by atoms with van der Waals surface area (Å²) in [7, 11) is 0. The largest absolute Gasteiger partial charge is 0.394 e. The van der Waals surface area contributed by atoms with Crippen molar-refractivity contribution in [3.63, 3.8) is 0 Å². The molecule has 0 aliphatic rings. The van der Waals surface area contributed by atoms with E-state index in [0.717, 1.165) is 45.8 Å². The molecule has 2 N–H and O–H groups in total. The molecule has 0 fully saturated rings. The van der Waals surface area contributed by atoms with Gasteiger partial charge in [0.1, 0.15) is 0 Å². The molecule has 0 amide bonds. The third kappa shape index (κ3) is 7.71. The van der Waals surface area contributed by atoms with Crippen LogP contribution in [0.3, 0.4) is 0 Å².